The number of carbonyl (C=O) groups excluding carboxylic acids is 2. The summed E-state index contributed by atoms with van der Waals surface area (Å²) in [5, 5.41) is 4.07. The first-order chi connectivity index (χ1) is 15.4. The monoisotopic (exact) mass is 448 g/mol. The highest BCUT2D eigenvalue weighted by Crippen LogP contribution is 2.32. The molecule has 0 saturated heterocycles. The predicted octanol–water partition coefficient (Wildman–Crippen LogP) is 5.38. The molecule has 6 nitrogen and oxygen atoms in total. The number of amides is 1. The minimum absolute atomic E-state index is 0.171. The lowest BCUT2D eigenvalue weighted by molar-refractivity contribution is -0.126. The van der Waals surface area contributed by atoms with Crippen molar-refractivity contribution in [2.24, 2.45) is 11.8 Å². The van der Waals surface area contributed by atoms with E-state index in [4.69, 9.17) is 9.47 Å². The van der Waals surface area contributed by atoms with Crippen molar-refractivity contribution in [1.82, 2.24) is 10.3 Å². The summed E-state index contributed by atoms with van der Waals surface area (Å²) in [6.45, 7) is 9.86. The first-order valence-corrected chi connectivity index (χ1v) is 11.4. The summed E-state index contributed by atoms with van der Waals surface area (Å²) in [5.74, 6) is -0.383. The van der Waals surface area contributed by atoms with Crippen molar-refractivity contribution in [1.29, 1.82) is 0 Å². The van der Waals surface area contributed by atoms with Crippen molar-refractivity contribution < 1.29 is 23.5 Å². The van der Waals surface area contributed by atoms with Gasteiger partial charge in [-0.25, -0.2) is 9.37 Å². The topological polar surface area (TPSA) is 77.5 Å². The summed E-state index contributed by atoms with van der Waals surface area (Å²) in [5.41, 5.74) is 0.416. The number of pyridine rings is 1. The van der Waals surface area contributed by atoms with Crippen LogP contribution < -0.4 is 14.8 Å². The highest BCUT2D eigenvalue weighted by atomic mass is 19.1. The Kier molecular flexibility index (Phi) is 11.7. The van der Waals surface area contributed by atoms with Gasteiger partial charge in [0.2, 0.25) is 5.88 Å². The number of Topliss-reactive ketones (excluding diaryl/α,β-unsaturated/α-hetero) is 1. The van der Waals surface area contributed by atoms with Crippen molar-refractivity contribution in [2.75, 3.05) is 20.8 Å². The number of nitrogens with one attached hydrogen (secondary N) is 1. The van der Waals surface area contributed by atoms with Crippen LogP contribution in [0.4, 0.5) is 4.39 Å². The first kappa shape index (κ1) is 27.3. The zero-order valence-corrected chi connectivity index (χ0v) is 20.3. The standard InChI is InChI=1S/C23H31FN2O4.C2H6/c1-6-8-19(27)21(24)16(7-2)14(3)13-30-23-17-12-20(29-5)18(22(28)25-4)11-15(17)9-10-26-23;1-2/h9-12,14,16,21H,6-8,13H2,1-5H3,(H,25,28);1-2H3. The molecule has 3 atom stereocenters. The maximum absolute atomic E-state index is 14.7. The quantitative estimate of drug-likeness (QED) is 0.499. The van der Waals surface area contributed by atoms with Gasteiger partial charge in [0.1, 0.15) is 5.75 Å². The summed E-state index contributed by atoms with van der Waals surface area (Å²) in [7, 11) is 3.05. The molecule has 0 aliphatic carbocycles. The van der Waals surface area contributed by atoms with Crippen LogP contribution in [0.25, 0.3) is 10.8 Å². The number of alkyl halides is 1. The molecule has 1 heterocycles. The van der Waals surface area contributed by atoms with Gasteiger partial charge in [0.25, 0.3) is 5.91 Å². The number of carbonyl (C=O) groups is 2. The van der Waals surface area contributed by atoms with Crippen LogP contribution in [0.15, 0.2) is 24.4 Å². The lowest BCUT2D eigenvalue weighted by atomic mass is 9.85. The molecule has 1 amide bonds. The molecule has 0 aliphatic rings. The number of ether oxygens (including phenoxy) is 2. The van der Waals surface area contributed by atoms with Gasteiger partial charge in [0.15, 0.2) is 12.0 Å². The number of ketones is 1. The second kappa shape index (κ2) is 13.7. The third kappa shape index (κ3) is 6.65. The van der Waals surface area contributed by atoms with Crippen LogP contribution in [0.5, 0.6) is 11.6 Å². The minimum atomic E-state index is -1.48. The fourth-order valence-corrected chi connectivity index (χ4v) is 3.63. The largest absolute Gasteiger partial charge is 0.496 e. The van der Waals surface area contributed by atoms with E-state index in [-0.39, 0.29) is 30.6 Å². The summed E-state index contributed by atoms with van der Waals surface area (Å²) in [6.07, 6.45) is 1.56. The van der Waals surface area contributed by atoms with Gasteiger partial charge in [-0.3, -0.25) is 9.59 Å². The third-order valence-corrected chi connectivity index (χ3v) is 5.38. The number of aromatic nitrogens is 1. The number of halogens is 1. The van der Waals surface area contributed by atoms with Crippen LogP contribution in [0.1, 0.15) is 64.2 Å². The molecule has 2 aromatic rings. The molecule has 32 heavy (non-hydrogen) atoms. The normalized spacial score (nSPS) is 13.4. The minimum Gasteiger partial charge on any atom is -0.496 e. The van der Waals surface area contributed by atoms with Crippen molar-refractivity contribution in [2.45, 2.75) is 60.1 Å². The number of hydrogen-bond donors (Lipinski definition) is 1. The van der Waals surface area contributed by atoms with E-state index in [9.17, 15) is 14.0 Å². The Morgan fingerprint density at radius 1 is 1.22 bits per heavy atom. The van der Waals surface area contributed by atoms with E-state index in [0.29, 0.717) is 35.4 Å². The molecular weight excluding hydrogens is 411 g/mol. The molecule has 0 fully saturated rings. The molecule has 0 spiro atoms. The number of fused-ring (bicyclic) bond motifs is 1. The van der Waals surface area contributed by atoms with Crippen molar-refractivity contribution >= 4 is 22.5 Å². The van der Waals surface area contributed by atoms with Crippen LogP contribution in [-0.2, 0) is 4.79 Å². The van der Waals surface area contributed by atoms with Crippen molar-refractivity contribution in [3.63, 3.8) is 0 Å². The first-order valence-electron chi connectivity index (χ1n) is 11.4. The SMILES string of the molecule is CC.CCCC(=O)C(F)C(CC)C(C)COc1nccc2cc(C(=O)NC)c(OC)cc12. The van der Waals surface area contributed by atoms with Gasteiger partial charge in [0.05, 0.1) is 19.3 Å². The number of nitrogens with zero attached hydrogens (tertiary/aromatic N) is 1. The van der Waals surface area contributed by atoms with Gasteiger partial charge < -0.3 is 14.8 Å². The van der Waals surface area contributed by atoms with E-state index in [1.165, 1.54) is 7.11 Å². The Bertz CT molecular complexity index is 888. The smallest absolute Gasteiger partial charge is 0.254 e. The summed E-state index contributed by atoms with van der Waals surface area (Å²) in [6, 6.07) is 5.22. The number of rotatable bonds is 11. The Balaban J connectivity index is 0.00000249. The molecule has 1 N–H and O–H groups in total. The Labute approximate surface area is 190 Å². The van der Waals surface area contributed by atoms with Crippen molar-refractivity contribution in [3.8, 4) is 11.6 Å². The average Bonchev–Trinajstić information content (AvgIpc) is 2.82. The van der Waals surface area contributed by atoms with E-state index in [0.717, 1.165) is 5.39 Å². The maximum Gasteiger partial charge on any atom is 0.254 e. The van der Waals surface area contributed by atoms with E-state index < -0.39 is 12.1 Å². The maximum atomic E-state index is 14.7. The molecule has 3 unspecified atom stereocenters. The van der Waals surface area contributed by atoms with E-state index in [2.05, 4.69) is 10.3 Å². The molecule has 0 radical (unpaired) electrons. The van der Waals surface area contributed by atoms with Gasteiger partial charge in [0, 0.05) is 31.0 Å². The zero-order valence-electron chi connectivity index (χ0n) is 20.3. The lowest BCUT2D eigenvalue weighted by Gasteiger charge is -2.25. The van der Waals surface area contributed by atoms with E-state index in [1.54, 1.807) is 31.4 Å². The fourth-order valence-electron chi connectivity index (χ4n) is 3.63. The zero-order chi connectivity index (χ0) is 24.3. The molecular formula is C25H37FN2O4. The molecule has 1 aromatic heterocycles. The molecule has 1 aromatic carbocycles. The summed E-state index contributed by atoms with van der Waals surface area (Å²) >= 11 is 0. The van der Waals surface area contributed by atoms with Gasteiger partial charge in [-0.15, -0.1) is 0 Å². The van der Waals surface area contributed by atoms with Gasteiger partial charge in [-0.2, -0.15) is 0 Å². The molecule has 0 aliphatic heterocycles. The van der Waals surface area contributed by atoms with Crippen LogP contribution in [-0.4, -0.2) is 43.6 Å². The van der Waals surface area contributed by atoms with Gasteiger partial charge >= 0.3 is 0 Å². The van der Waals surface area contributed by atoms with Gasteiger partial charge in [-0.05, 0) is 42.3 Å². The van der Waals surface area contributed by atoms with Crippen LogP contribution in [0.2, 0.25) is 0 Å². The average molecular weight is 449 g/mol. The Morgan fingerprint density at radius 3 is 2.47 bits per heavy atom. The van der Waals surface area contributed by atoms with Crippen LogP contribution in [0, 0.1) is 11.8 Å². The van der Waals surface area contributed by atoms with E-state index >= 15 is 0 Å². The van der Waals surface area contributed by atoms with Crippen molar-refractivity contribution in [3.05, 3.63) is 30.0 Å². The Hall–Kier alpha value is -2.70. The highest BCUT2D eigenvalue weighted by Gasteiger charge is 2.31. The van der Waals surface area contributed by atoms with Gasteiger partial charge in [-0.1, -0.05) is 34.6 Å². The number of hydrogen-bond acceptors (Lipinski definition) is 5. The molecule has 0 bridgehead atoms. The fraction of sp³-hybridized carbons (Fsp3) is 0.560. The lowest BCUT2D eigenvalue weighted by Crippen LogP contribution is -2.32. The summed E-state index contributed by atoms with van der Waals surface area (Å²) < 4.78 is 26.0. The predicted molar refractivity (Wildman–Crippen MR) is 126 cm³/mol. The van der Waals surface area contributed by atoms with Crippen LogP contribution >= 0.6 is 0 Å². The molecule has 0 saturated carbocycles. The third-order valence-electron chi connectivity index (χ3n) is 5.38. The number of benzene rings is 1. The molecule has 178 valence electrons. The Morgan fingerprint density at radius 2 is 1.91 bits per heavy atom. The van der Waals surface area contributed by atoms with E-state index in [1.807, 2.05) is 34.6 Å². The van der Waals surface area contributed by atoms with Crippen LogP contribution in [0.3, 0.4) is 0 Å². The molecule has 7 heteroatoms. The molecule has 2 rings (SSSR count). The summed E-state index contributed by atoms with van der Waals surface area (Å²) in [4.78, 5) is 28.4. The highest BCUT2D eigenvalue weighted by molar-refractivity contribution is 6.02. The number of methoxy groups -OCH3 is 1. The second-order valence-electron chi connectivity index (χ2n) is 7.45. The second-order valence-corrected chi connectivity index (χ2v) is 7.45.